The van der Waals surface area contributed by atoms with Crippen LogP contribution in [0.5, 0.6) is 0 Å². The Morgan fingerprint density at radius 3 is 2.62 bits per heavy atom. The summed E-state index contributed by atoms with van der Waals surface area (Å²) in [7, 11) is 1.77. The Bertz CT molecular complexity index is 338. The number of aliphatic hydroxyl groups excluding tert-OH is 1. The molecule has 0 saturated heterocycles. The quantitative estimate of drug-likeness (QED) is 0.834. The highest BCUT2D eigenvalue weighted by Crippen LogP contribution is 2.32. The lowest BCUT2D eigenvalue weighted by molar-refractivity contribution is -0.206. The second-order valence-electron chi connectivity index (χ2n) is 3.54. The summed E-state index contributed by atoms with van der Waals surface area (Å²) in [6, 6.07) is 5.93. The van der Waals surface area contributed by atoms with E-state index < -0.39 is 12.3 Å². The first kappa shape index (κ1) is 13.0. The van der Waals surface area contributed by atoms with Crippen LogP contribution in [0.4, 0.5) is 13.2 Å². The molecule has 0 amide bonds. The van der Waals surface area contributed by atoms with Gasteiger partial charge in [-0.1, -0.05) is 24.3 Å². The molecule has 0 aliphatic heterocycles. The zero-order chi connectivity index (χ0) is 12.2. The minimum absolute atomic E-state index is 0.110. The number of hydrogen-bond donors (Lipinski definition) is 2. The summed E-state index contributed by atoms with van der Waals surface area (Å²) in [6.45, 7) is 0.686. The standard InChI is InChI=1S/C11H14F3NO/c1-15-6-5-8-3-2-4-9(7-8)10(16)11(12,13)14/h2-4,7,10,15-16H,5-6H2,1H3. The highest BCUT2D eigenvalue weighted by atomic mass is 19.4. The zero-order valence-electron chi connectivity index (χ0n) is 8.88. The summed E-state index contributed by atoms with van der Waals surface area (Å²) in [4.78, 5) is 0. The molecule has 16 heavy (non-hydrogen) atoms. The maximum absolute atomic E-state index is 12.3. The second kappa shape index (κ2) is 5.32. The molecule has 2 nitrogen and oxygen atoms in total. The highest BCUT2D eigenvalue weighted by molar-refractivity contribution is 5.26. The molecular weight excluding hydrogens is 219 g/mol. The van der Waals surface area contributed by atoms with E-state index in [9.17, 15) is 13.2 Å². The number of hydrogen-bond acceptors (Lipinski definition) is 2. The van der Waals surface area contributed by atoms with Gasteiger partial charge in [0, 0.05) is 0 Å². The maximum Gasteiger partial charge on any atom is 0.418 e. The van der Waals surface area contributed by atoms with Crippen molar-refractivity contribution in [1.82, 2.24) is 5.32 Å². The average Bonchev–Trinajstić information content (AvgIpc) is 2.24. The topological polar surface area (TPSA) is 32.3 Å². The fraction of sp³-hybridized carbons (Fsp3) is 0.455. The van der Waals surface area contributed by atoms with E-state index in [1.165, 1.54) is 18.2 Å². The number of aliphatic hydroxyl groups is 1. The number of rotatable bonds is 4. The van der Waals surface area contributed by atoms with Gasteiger partial charge in [0.15, 0.2) is 6.10 Å². The van der Waals surface area contributed by atoms with E-state index in [2.05, 4.69) is 5.32 Å². The lowest BCUT2D eigenvalue weighted by Gasteiger charge is -2.15. The molecule has 0 fully saturated rings. The van der Waals surface area contributed by atoms with Crippen LogP contribution in [-0.4, -0.2) is 24.9 Å². The fourth-order valence-electron chi connectivity index (χ4n) is 1.38. The van der Waals surface area contributed by atoms with Crippen molar-refractivity contribution in [2.75, 3.05) is 13.6 Å². The minimum atomic E-state index is -4.61. The van der Waals surface area contributed by atoms with Crippen LogP contribution in [0.2, 0.25) is 0 Å². The number of halogens is 3. The molecule has 0 aliphatic rings. The number of nitrogens with one attached hydrogen (secondary N) is 1. The summed E-state index contributed by atoms with van der Waals surface area (Å²) < 4.78 is 36.8. The minimum Gasteiger partial charge on any atom is -0.379 e. The molecule has 0 aliphatic carbocycles. The third-order valence-electron chi connectivity index (χ3n) is 2.24. The van der Waals surface area contributed by atoms with Gasteiger partial charge in [-0.05, 0) is 31.1 Å². The first-order chi connectivity index (χ1) is 7.45. The predicted molar refractivity (Wildman–Crippen MR) is 55.1 cm³/mol. The van der Waals surface area contributed by atoms with Gasteiger partial charge in [-0.2, -0.15) is 13.2 Å². The normalized spacial score (nSPS) is 13.8. The summed E-state index contributed by atoms with van der Waals surface area (Å²) in [5.74, 6) is 0. The monoisotopic (exact) mass is 233 g/mol. The molecule has 0 bridgehead atoms. The second-order valence-corrected chi connectivity index (χ2v) is 3.54. The van der Waals surface area contributed by atoms with Crippen molar-refractivity contribution in [1.29, 1.82) is 0 Å². The molecule has 0 saturated carbocycles. The number of benzene rings is 1. The Kier molecular flexibility index (Phi) is 4.32. The van der Waals surface area contributed by atoms with Gasteiger partial charge in [0.05, 0.1) is 0 Å². The van der Waals surface area contributed by atoms with Gasteiger partial charge >= 0.3 is 6.18 Å². The zero-order valence-corrected chi connectivity index (χ0v) is 8.88. The molecule has 0 radical (unpaired) electrons. The van der Waals surface area contributed by atoms with Crippen LogP contribution in [0.15, 0.2) is 24.3 Å². The van der Waals surface area contributed by atoms with E-state index in [-0.39, 0.29) is 5.56 Å². The average molecular weight is 233 g/mol. The van der Waals surface area contributed by atoms with Gasteiger partial charge in [0.2, 0.25) is 0 Å². The lowest BCUT2D eigenvalue weighted by atomic mass is 10.0. The number of likely N-dealkylation sites (N-methyl/N-ethyl adjacent to an activating group) is 1. The first-order valence-corrected chi connectivity index (χ1v) is 4.93. The molecule has 1 aromatic rings. The van der Waals surface area contributed by atoms with Crippen LogP contribution in [0.3, 0.4) is 0 Å². The van der Waals surface area contributed by atoms with E-state index in [1.54, 1.807) is 13.1 Å². The predicted octanol–water partition coefficient (Wildman–Crippen LogP) is 2.04. The van der Waals surface area contributed by atoms with Crippen molar-refractivity contribution in [2.45, 2.75) is 18.7 Å². The van der Waals surface area contributed by atoms with Gasteiger partial charge < -0.3 is 10.4 Å². The van der Waals surface area contributed by atoms with Gasteiger partial charge in [-0.15, -0.1) is 0 Å². The van der Waals surface area contributed by atoms with Gasteiger partial charge in [-0.3, -0.25) is 0 Å². The third kappa shape index (κ3) is 3.50. The van der Waals surface area contributed by atoms with E-state index in [4.69, 9.17) is 5.11 Å². The highest BCUT2D eigenvalue weighted by Gasteiger charge is 2.39. The van der Waals surface area contributed by atoms with Gasteiger partial charge in [-0.25, -0.2) is 0 Å². The molecule has 0 aromatic heterocycles. The van der Waals surface area contributed by atoms with Crippen LogP contribution in [0.25, 0.3) is 0 Å². The summed E-state index contributed by atoms with van der Waals surface area (Å²) >= 11 is 0. The summed E-state index contributed by atoms with van der Waals surface area (Å²) in [5, 5.41) is 12.0. The molecule has 0 heterocycles. The van der Waals surface area contributed by atoms with E-state index in [0.717, 1.165) is 5.56 Å². The van der Waals surface area contributed by atoms with Crippen molar-refractivity contribution in [3.8, 4) is 0 Å². The molecular formula is C11H14F3NO. The van der Waals surface area contributed by atoms with Crippen LogP contribution >= 0.6 is 0 Å². The van der Waals surface area contributed by atoms with Gasteiger partial charge in [0.1, 0.15) is 0 Å². The summed E-state index contributed by atoms with van der Waals surface area (Å²) in [6.07, 6.45) is -6.38. The first-order valence-electron chi connectivity index (χ1n) is 4.93. The molecule has 1 unspecified atom stereocenters. The Balaban J connectivity index is 2.81. The van der Waals surface area contributed by atoms with Crippen LogP contribution in [0.1, 0.15) is 17.2 Å². The van der Waals surface area contributed by atoms with Crippen molar-refractivity contribution in [2.24, 2.45) is 0 Å². The van der Waals surface area contributed by atoms with Crippen molar-refractivity contribution < 1.29 is 18.3 Å². The van der Waals surface area contributed by atoms with Crippen LogP contribution in [0, 0.1) is 0 Å². The largest absolute Gasteiger partial charge is 0.418 e. The number of alkyl halides is 3. The molecule has 90 valence electrons. The van der Waals surface area contributed by atoms with Crippen molar-refractivity contribution >= 4 is 0 Å². The fourth-order valence-corrected chi connectivity index (χ4v) is 1.38. The third-order valence-corrected chi connectivity index (χ3v) is 2.24. The lowest BCUT2D eigenvalue weighted by Crippen LogP contribution is -2.20. The van der Waals surface area contributed by atoms with Crippen LogP contribution in [-0.2, 0) is 6.42 Å². The van der Waals surface area contributed by atoms with Crippen molar-refractivity contribution in [3.63, 3.8) is 0 Å². The smallest absolute Gasteiger partial charge is 0.379 e. The molecule has 1 aromatic carbocycles. The Hall–Kier alpha value is -1.07. The Labute approximate surface area is 92.1 Å². The Morgan fingerprint density at radius 1 is 1.38 bits per heavy atom. The van der Waals surface area contributed by atoms with E-state index >= 15 is 0 Å². The summed E-state index contributed by atoms with van der Waals surface area (Å²) in [5.41, 5.74) is 0.663. The SMILES string of the molecule is CNCCc1cccc(C(O)C(F)(F)F)c1. The molecule has 1 rings (SSSR count). The molecule has 2 N–H and O–H groups in total. The van der Waals surface area contributed by atoms with Crippen LogP contribution < -0.4 is 5.32 Å². The van der Waals surface area contributed by atoms with Gasteiger partial charge in [0.25, 0.3) is 0 Å². The molecule has 5 heteroatoms. The Morgan fingerprint density at radius 2 is 2.06 bits per heavy atom. The van der Waals surface area contributed by atoms with Crippen molar-refractivity contribution in [3.05, 3.63) is 35.4 Å². The molecule has 1 atom stereocenters. The maximum atomic E-state index is 12.3. The van der Waals surface area contributed by atoms with E-state index in [0.29, 0.717) is 13.0 Å². The molecule has 0 spiro atoms. The van der Waals surface area contributed by atoms with E-state index in [1.807, 2.05) is 0 Å².